The molecule has 0 fully saturated rings. The zero-order chi connectivity index (χ0) is 14.0. The van der Waals surface area contributed by atoms with Crippen LogP contribution in [0.25, 0.3) is 0 Å². The van der Waals surface area contributed by atoms with E-state index in [-0.39, 0.29) is 11.9 Å². The quantitative estimate of drug-likeness (QED) is 0.838. The van der Waals surface area contributed by atoms with Crippen molar-refractivity contribution in [3.8, 4) is 0 Å². The summed E-state index contributed by atoms with van der Waals surface area (Å²) in [5.41, 5.74) is 5.65. The van der Waals surface area contributed by atoms with E-state index in [1.165, 1.54) is 0 Å². The van der Waals surface area contributed by atoms with E-state index in [9.17, 15) is 4.79 Å². The lowest BCUT2D eigenvalue weighted by Crippen LogP contribution is -2.52. The summed E-state index contributed by atoms with van der Waals surface area (Å²) in [7, 11) is 0. The molecule has 0 amide bonds. The van der Waals surface area contributed by atoms with Crippen LogP contribution in [0.1, 0.15) is 46.1 Å². The zero-order valence-corrected chi connectivity index (χ0v) is 11.9. The van der Waals surface area contributed by atoms with Crippen molar-refractivity contribution in [2.75, 3.05) is 0 Å². The third-order valence-corrected chi connectivity index (χ3v) is 3.04. The Balaban J connectivity index is 2.89. The van der Waals surface area contributed by atoms with E-state index in [0.29, 0.717) is 0 Å². The van der Waals surface area contributed by atoms with Crippen molar-refractivity contribution in [1.82, 2.24) is 0 Å². The first kappa shape index (κ1) is 14.7. The van der Waals surface area contributed by atoms with Crippen LogP contribution >= 0.6 is 0 Å². The van der Waals surface area contributed by atoms with E-state index in [2.05, 4.69) is 0 Å². The summed E-state index contributed by atoms with van der Waals surface area (Å²) in [6, 6.07) is 9.77. The Kier molecular flexibility index (Phi) is 4.17. The summed E-state index contributed by atoms with van der Waals surface area (Å²) >= 11 is 0. The standard InChI is InChI=1S/C15H23NO2/c1-11(12-9-7-6-8-10-12)15(5,16)13(17)18-14(2,3)4/h6-11H,16H2,1-5H3/t11-,15+/m0/s1. The van der Waals surface area contributed by atoms with Crippen molar-refractivity contribution >= 4 is 5.97 Å². The summed E-state index contributed by atoms with van der Waals surface area (Å²) in [5.74, 6) is -0.472. The van der Waals surface area contributed by atoms with Crippen molar-refractivity contribution in [2.45, 2.75) is 51.7 Å². The molecule has 0 heterocycles. The average molecular weight is 249 g/mol. The molecule has 1 aromatic rings. The predicted molar refractivity (Wildman–Crippen MR) is 73.3 cm³/mol. The molecular weight excluding hydrogens is 226 g/mol. The van der Waals surface area contributed by atoms with Gasteiger partial charge in [0.25, 0.3) is 0 Å². The lowest BCUT2D eigenvalue weighted by Gasteiger charge is -2.33. The highest BCUT2D eigenvalue weighted by molar-refractivity contribution is 5.81. The molecule has 0 bridgehead atoms. The van der Waals surface area contributed by atoms with Crippen LogP contribution in [0.4, 0.5) is 0 Å². The second-order valence-electron chi connectivity index (χ2n) is 5.92. The number of hydrogen-bond donors (Lipinski definition) is 1. The number of esters is 1. The topological polar surface area (TPSA) is 52.3 Å². The van der Waals surface area contributed by atoms with Crippen LogP contribution in [-0.4, -0.2) is 17.1 Å². The van der Waals surface area contributed by atoms with Crippen LogP contribution in [0.2, 0.25) is 0 Å². The fourth-order valence-corrected chi connectivity index (χ4v) is 1.65. The summed E-state index contributed by atoms with van der Waals surface area (Å²) in [4.78, 5) is 12.1. The van der Waals surface area contributed by atoms with Gasteiger partial charge in [-0.3, -0.25) is 4.79 Å². The Morgan fingerprint density at radius 2 is 1.67 bits per heavy atom. The van der Waals surface area contributed by atoms with Gasteiger partial charge in [-0.05, 0) is 33.3 Å². The van der Waals surface area contributed by atoms with Gasteiger partial charge in [-0.15, -0.1) is 0 Å². The number of hydrogen-bond acceptors (Lipinski definition) is 3. The van der Waals surface area contributed by atoms with Crippen molar-refractivity contribution in [3.05, 3.63) is 35.9 Å². The van der Waals surface area contributed by atoms with Crippen LogP contribution in [-0.2, 0) is 9.53 Å². The third-order valence-electron chi connectivity index (χ3n) is 3.04. The molecule has 0 saturated carbocycles. The molecular formula is C15H23NO2. The smallest absolute Gasteiger partial charge is 0.326 e. The molecule has 0 aliphatic rings. The van der Waals surface area contributed by atoms with Gasteiger partial charge in [0.2, 0.25) is 0 Å². The molecule has 1 aromatic carbocycles. The van der Waals surface area contributed by atoms with E-state index >= 15 is 0 Å². The molecule has 1 rings (SSSR count). The second kappa shape index (κ2) is 5.11. The molecule has 0 saturated heterocycles. The summed E-state index contributed by atoms with van der Waals surface area (Å²) in [5, 5.41) is 0. The van der Waals surface area contributed by atoms with Gasteiger partial charge in [0.15, 0.2) is 0 Å². The van der Waals surface area contributed by atoms with Gasteiger partial charge < -0.3 is 10.5 Å². The number of carbonyl (C=O) groups is 1. The van der Waals surface area contributed by atoms with Crippen LogP contribution in [0, 0.1) is 0 Å². The maximum absolute atomic E-state index is 12.1. The van der Waals surface area contributed by atoms with Gasteiger partial charge in [0.1, 0.15) is 11.1 Å². The first-order valence-electron chi connectivity index (χ1n) is 6.22. The van der Waals surface area contributed by atoms with E-state index in [4.69, 9.17) is 10.5 Å². The van der Waals surface area contributed by atoms with Gasteiger partial charge in [-0.1, -0.05) is 37.3 Å². The van der Waals surface area contributed by atoms with Crippen LogP contribution in [0.15, 0.2) is 30.3 Å². The Morgan fingerprint density at radius 1 is 1.17 bits per heavy atom. The first-order chi connectivity index (χ1) is 8.14. The Bertz CT molecular complexity index is 404. The number of rotatable bonds is 3. The minimum Gasteiger partial charge on any atom is -0.459 e. The zero-order valence-electron chi connectivity index (χ0n) is 11.9. The second-order valence-corrected chi connectivity index (χ2v) is 5.92. The minimum atomic E-state index is -1.03. The highest BCUT2D eigenvalue weighted by Gasteiger charge is 2.39. The largest absolute Gasteiger partial charge is 0.459 e. The number of nitrogens with two attached hydrogens (primary N) is 1. The molecule has 100 valence electrons. The molecule has 2 N–H and O–H groups in total. The normalized spacial score (nSPS) is 16.8. The van der Waals surface area contributed by atoms with Crippen LogP contribution in [0.3, 0.4) is 0 Å². The monoisotopic (exact) mass is 249 g/mol. The fourth-order valence-electron chi connectivity index (χ4n) is 1.65. The van der Waals surface area contributed by atoms with Gasteiger partial charge in [0.05, 0.1) is 0 Å². The molecule has 18 heavy (non-hydrogen) atoms. The van der Waals surface area contributed by atoms with Crippen molar-refractivity contribution in [3.63, 3.8) is 0 Å². The molecule has 0 aliphatic carbocycles. The molecule has 0 radical (unpaired) electrons. The predicted octanol–water partition coefficient (Wildman–Crippen LogP) is 2.85. The van der Waals surface area contributed by atoms with Crippen molar-refractivity contribution in [2.24, 2.45) is 5.73 Å². The van der Waals surface area contributed by atoms with E-state index in [1.54, 1.807) is 6.92 Å². The maximum Gasteiger partial charge on any atom is 0.326 e. The Hall–Kier alpha value is -1.35. The summed E-state index contributed by atoms with van der Waals surface area (Å²) in [6.07, 6.45) is 0. The van der Waals surface area contributed by atoms with Gasteiger partial charge in [-0.25, -0.2) is 0 Å². The molecule has 3 heteroatoms. The van der Waals surface area contributed by atoms with Crippen molar-refractivity contribution < 1.29 is 9.53 Å². The molecule has 3 nitrogen and oxygen atoms in total. The lowest BCUT2D eigenvalue weighted by molar-refractivity contribution is -0.161. The minimum absolute atomic E-state index is 0.103. The van der Waals surface area contributed by atoms with E-state index in [0.717, 1.165) is 5.56 Å². The summed E-state index contributed by atoms with van der Waals surface area (Å²) in [6.45, 7) is 9.19. The van der Waals surface area contributed by atoms with E-state index in [1.807, 2.05) is 58.0 Å². The van der Waals surface area contributed by atoms with Crippen LogP contribution < -0.4 is 5.73 Å². The van der Waals surface area contributed by atoms with E-state index < -0.39 is 11.1 Å². The molecule has 0 spiro atoms. The van der Waals surface area contributed by atoms with Gasteiger partial charge >= 0.3 is 5.97 Å². The SMILES string of the molecule is C[C@@H](c1ccccc1)[C@@](C)(N)C(=O)OC(C)(C)C. The van der Waals surface area contributed by atoms with Gasteiger partial charge in [0, 0.05) is 5.92 Å². The maximum atomic E-state index is 12.1. The van der Waals surface area contributed by atoms with Crippen LogP contribution in [0.5, 0.6) is 0 Å². The lowest BCUT2D eigenvalue weighted by atomic mass is 9.82. The number of benzene rings is 1. The Labute approximate surface area is 109 Å². The molecule has 2 atom stereocenters. The number of carbonyl (C=O) groups excluding carboxylic acids is 1. The molecule has 0 aromatic heterocycles. The first-order valence-corrected chi connectivity index (χ1v) is 6.22. The highest BCUT2D eigenvalue weighted by Crippen LogP contribution is 2.28. The molecule has 0 aliphatic heterocycles. The van der Waals surface area contributed by atoms with Crippen molar-refractivity contribution in [1.29, 1.82) is 0 Å². The Morgan fingerprint density at radius 3 is 2.11 bits per heavy atom. The third kappa shape index (κ3) is 3.57. The van der Waals surface area contributed by atoms with Gasteiger partial charge in [-0.2, -0.15) is 0 Å². The fraction of sp³-hybridized carbons (Fsp3) is 0.533. The average Bonchev–Trinajstić information content (AvgIpc) is 2.27. The molecule has 0 unspecified atom stereocenters. The highest BCUT2D eigenvalue weighted by atomic mass is 16.6. The number of ether oxygens (including phenoxy) is 1. The summed E-state index contributed by atoms with van der Waals surface area (Å²) < 4.78 is 5.38.